The second kappa shape index (κ2) is 6.23. The predicted octanol–water partition coefficient (Wildman–Crippen LogP) is 1.51. The maximum atomic E-state index is 11.8. The third-order valence-corrected chi connectivity index (χ3v) is 2.75. The fourth-order valence-corrected chi connectivity index (χ4v) is 1.86. The van der Waals surface area contributed by atoms with Gasteiger partial charge in [0.25, 0.3) is 0 Å². The van der Waals surface area contributed by atoms with Crippen LogP contribution in [0, 0.1) is 5.92 Å². The highest BCUT2D eigenvalue weighted by Gasteiger charge is 2.31. The third kappa shape index (κ3) is 2.91. The Labute approximate surface area is 107 Å². The zero-order valence-corrected chi connectivity index (χ0v) is 11.2. The first-order valence-corrected chi connectivity index (χ1v) is 6.04. The number of ether oxygens (including phenoxy) is 2. The van der Waals surface area contributed by atoms with Gasteiger partial charge in [0.05, 0.1) is 24.4 Å². The SMILES string of the molecule is CCOC(=O)C1=CNC(C)=C(C(=O)OCC)C1C. The molecule has 0 radical (unpaired) electrons. The molecule has 1 heterocycles. The highest BCUT2D eigenvalue weighted by molar-refractivity contribution is 5.97. The molecule has 5 nitrogen and oxygen atoms in total. The van der Waals surface area contributed by atoms with Gasteiger partial charge in [-0.15, -0.1) is 0 Å². The molecule has 1 N–H and O–H groups in total. The highest BCUT2D eigenvalue weighted by atomic mass is 16.5. The van der Waals surface area contributed by atoms with E-state index in [1.54, 1.807) is 33.9 Å². The summed E-state index contributed by atoms with van der Waals surface area (Å²) in [5.74, 6) is -1.14. The van der Waals surface area contributed by atoms with Crippen LogP contribution < -0.4 is 5.32 Å². The van der Waals surface area contributed by atoms with Gasteiger partial charge in [0.2, 0.25) is 0 Å². The van der Waals surface area contributed by atoms with Crippen molar-refractivity contribution in [3.05, 3.63) is 23.0 Å². The van der Waals surface area contributed by atoms with E-state index in [0.717, 1.165) is 0 Å². The summed E-state index contributed by atoms with van der Waals surface area (Å²) in [5, 5.41) is 2.91. The molecule has 1 aliphatic heterocycles. The summed E-state index contributed by atoms with van der Waals surface area (Å²) < 4.78 is 9.95. The number of carbonyl (C=O) groups is 2. The summed E-state index contributed by atoms with van der Waals surface area (Å²) in [6, 6.07) is 0. The van der Waals surface area contributed by atoms with Crippen LogP contribution in [-0.4, -0.2) is 25.2 Å². The van der Waals surface area contributed by atoms with Crippen LogP contribution >= 0.6 is 0 Å². The van der Waals surface area contributed by atoms with E-state index in [4.69, 9.17) is 9.47 Å². The van der Waals surface area contributed by atoms with Crippen LogP contribution in [0.4, 0.5) is 0 Å². The molecule has 1 rings (SSSR count). The summed E-state index contributed by atoms with van der Waals surface area (Å²) in [4.78, 5) is 23.6. The molecule has 18 heavy (non-hydrogen) atoms. The monoisotopic (exact) mass is 253 g/mol. The molecule has 0 saturated carbocycles. The lowest BCUT2D eigenvalue weighted by Crippen LogP contribution is -2.29. The van der Waals surface area contributed by atoms with Crippen molar-refractivity contribution in [2.75, 3.05) is 13.2 Å². The summed E-state index contributed by atoms with van der Waals surface area (Å²) in [6.07, 6.45) is 1.58. The van der Waals surface area contributed by atoms with E-state index in [2.05, 4.69) is 5.32 Å². The van der Waals surface area contributed by atoms with Crippen molar-refractivity contribution in [1.82, 2.24) is 5.32 Å². The second-order valence-corrected chi connectivity index (χ2v) is 3.95. The quantitative estimate of drug-likeness (QED) is 0.769. The molecule has 0 spiro atoms. The standard InChI is InChI=1S/C13H19NO4/c1-5-17-12(15)10-7-14-9(4)11(8(10)3)13(16)18-6-2/h7-8,14H,5-6H2,1-4H3. The first kappa shape index (κ1) is 14.3. The smallest absolute Gasteiger partial charge is 0.336 e. The van der Waals surface area contributed by atoms with E-state index in [9.17, 15) is 9.59 Å². The number of nitrogens with one attached hydrogen (secondary N) is 1. The van der Waals surface area contributed by atoms with Gasteiger partial charge >= 0.3 is 11.9 Å². The Morgan fingerprint density at radius 3 is 2.33 bits per heavy atom. The van der Waals surface area contributed by atoms with Crippen molar-refractivity contribution in [3.8, 4) is 0 Å². The summed E-state index contributed by atoms with van der Waals surface area (Å²) in [7, 11) is 0. The highest BCUT2D eigenvalue weighted by Crippen LogP contribution is 2.27. The van der Waals surface area contributed by atoms with Gasteiger partial charge in [-0.25, -0.2) is 9.59 Å². The van der Waals surface area contributed by atoms with Gasteiger partial charge in [0.15, 0.2) is 0 Å². The average Bonchev–Trinajstić information content (AvgIpc) is 2.29. The average molecular weight is 253 g/mol. The maximum absolute atomic E-state index is 11.8. The number of hydrogen-bond donors (Lipinski definition) is 1. The van der Waals surface area contributed by atoms with E-state index in [-0.39, 0.29) is 5.92 Å². The molecule has 5 heteroatoms. The Hall–Kier alpha value is -1.78. The third-order valence-electron chi connectivity index (χ3n) is 2.75. The number of rotatable bonds is 4. The zero-order chi connectivity index (χ0) is 13.7. The number of esters is 2. The van der Waals surface area contributed by atoms with Crippen molar-refractivity contribution in [1.29, 1.82) is 0 Å². The Morgan fingerprint density at radius 1 is 1.22 bits per heavy atom. The molecule has 0 amide bonds. The molecule has 0 fully saturated rings. The number of allylic oxidation sites excluding steroid dienone is 1. The van der Waals surface area contributed by atoms with Gasteiger partial charge in [0, 0.05) is 17.8 Å². The van der Waals surface area contributed by atoms with E-state index < -0.39 is 11.9 Å². The van der Waals surface area contributed by atoms with Crippen molar-refractivity contribution in [2.24, 2.45) is 5.92 Å². The van der Waals surface area contributed by atoms with Crippen LogP contribution in [-0.2, 0) is 19.1 Å². The van der Waals surface area contributed by atoms with E-state index >= 15 is 0 Å². The van der Waals surface area contributed by atoms with Gasteiger partial charge < -0.3 is 14.8 Å². The molecule has 0 aliphatic carbocycles. The summed E-state index contributed by atoms with van der Waals surface area (Å²) in [5.41, 5.74) is 1.61. The minimum absolute atomic E-state index is 0.306. The molecule has 1 aliphatic rings. The van der Waals surface area contributed by atoms with Crippen LogP contribution in [0.1, 0.15) is 27.7 Å². The molecule has 0 aromatic rings. The maximum Gasteiger partial charge on any atom is 0.336 e. The zero-order valence-electron chi connectivity index (χ0n) is 11.2. The summed E-state index contributed by atoms with van der Waals surface area (Å²) >= 11 is 0. The fraction of sp³-hybridized carbons (Fsp3) is 0.538. The fourth-order valence-electron chi connectivity index (χ4n) is 1.86. The summed E-state index contributed by atoms with van der Waals surface area (Å²) in [6.45, 7) is 7.67. The Kier molecular flexibility index (Phi) is 4.95. The number of hydrogen-bond acceptors (Lipinski definition) is 5. The molecule has 0 aromatic carbocycles. The lowest BCUT2D eigenvalue weighted by molar-refractivity contribution is -0.139. The number of carbonyl (C=O) groups excluding carboxylic acids is 2. The molecule has 1 unspecified atom stereocenters. The number of dihydropyridines is 1. The van der Waals surface area contributed by atoms with E-state index in [1.807, 2.05) is 0 Å². The van der Waals surface area contributed by atoms with Crippen molar-refractivity contribution >= 4 is 11.9 Å². The van der Waals surface area contributed by atoms with Crippen molar-refractivity contribution < 1.29 is 19.1 Å². The minimum Gasteiger partial charge on any atom is -0.463 e. The van der Waals surface area contributed by atoms with Crippen molar-refractivity contribution in [3.63, 3.8) is 0 Å². The Bertz CT molecular complexity index is 409. The topological polar surface area (TPSA) is 64.6 Å². The predicted molar refractivity (Wildman–Crippen MR) is 66.3 cm³/mol. The van der Waals surface area contributed by atoms with Gasteiger partial charge in [-0.05, 0) is 20.8 Å². The van der Waals surface area contributed by atoms with Gasteiger partial charge in [-0.3, -0.25) is 0 Å². The van der Waals surface area contributed by atoms with Crippen molar-refractivity contribution in [2.45, 2.75) is 27.7 Å². The molecule has 0 saturated heterocycles. The van der Waals surface area contributed by atoms with Gasteiger partial charge in [-0.1, -0.05) is 6.92 Å². The largest absolute Gasteiger partial charge is 0.463 e. The van der Waals surface area contributed by atoms with E-state index in [1.165, 1.54) is 0 Å². The lowest BCUT2D eigenvalue weighted by atomic mass is 9.89. The van der Waals surface area contributed by atoms with E-state index in [0.29, 0.717) is 30.1 Å². The Balaban J connectivity index is 2.93. The van der Waals surface area contributed by atoms with Gasteiger partial charge in [-0.2, -0.15) is 0 Å². The molecular formula is C13H19NO4. The molecule has 0 aromatic heterocycles. The Morgan fingerprint density at radius 2 is 1.78 bits per heavy atom. The lowest BCUT2D eigenvalue weighted by Gasteiger charge is -2.24. The van der Waals surface area contributed by atoms with Crippen LogP contribution in [0.3, 0.4) is 0 Å². The molecule has 0 bridgehead atoms. The minimum atomic E-state index is -0.410. The molecule has 100 valence electrons. The normalized spacial score (nSPS) is 18.9. The first-order valence-electron chi connectivity index (χ1n) is 6.04. The molecule has 1 atom stereocenters. The van der Waals surface area contributed by atoms with Crippen LogP contribution in [0.15, 0.2) is 23.0 Å². The van der Waals surface area contributed by atoms with Gasteiger partial charge in [0.1, 0.15) is 0 Å². The first-order chi connectivity index (χ1) is 8.52. The molecular weight excluding hydrogens is 234 g/mol. The second-order valence-electron chi connectivity index (χ2n) is 3.95. The van der Waals surface area contributed by atoms with Crippen LogP contribution in [0.25, 0.3) is 0 Å². The van der Waals surface area contributed by atoms with Crippen LogP contribution in [0.5, 0.6) is 0 Å². The van der Waals surface area contributed by atoms with Crippen LogP contribution in [0.2, 0.25) is 0 Å².